The van der Waals surface area contributed by atoms with Gasteiger partial charge in [0.2, 0.25) is 0 Å². The number of carbonyl (C=O) groups excluding carboxylic acids is 1. The van der Waals surface area contributed by atoms with Crippen LogP contribution in [0.5, 0.6) is 0 Å². The second-order valence-corrected chi connectivity index (χ2v) is 5.80. The van der Waals surface area contributed by atoms with E-state index >= 15 is 0 Å². The van der Waals surface area contributed by atoms with Gasteiger partial charge in [-0.2, -0.15) is 0 Å². The number of aromatic nitrogens is 1. The normalized spacial score (nSPS) is 28.1. The van der Waals surface area contributed by atoms with Crippen molar-refractivity contribution < 1.29 is 4.79 Å². The number of nitrogens with zero attached hydrogens (tertiary/aromatic N) is 1. The van der Waals surface area contributed by atoms with Gasteiger partial charge in [0.1, 0.15) is 5.69 Å². The molecule has 100 valence electrons. The maximum absolute atomic E-state index is 12.3. The number of nitrogens with one attached hydrogen (secondary N) is 1. The Morgan fingerprint density at radius 1 is 1.28 bits per heavy atom. The Hall–Kier alpha value is -1.25. The van der Waals surface area contributed by atoms with Gasteiger partial charge in [-0.05, 0) is 43.7 Å². The highest BCUT2D eigenvalue weighted by Gasteiger charge is 2.29. The monoisotopic (exact) mass is 248 g/mol. The van der Waals surface area contributed by atoms with Crippen LogP contribution in [0.4, 0.5) is 0 Å². The van der Waals surface area contributed by atoms with E-state index in [-0.39, 0.29) is 5.91 Å². The van der Waals surface area contributed by atoms with Crippen LogP contribution >= 0.6 is 0 Å². The van der Waals surface area contributed by atoms with Gasteiger partial charge in [-0.3, -0.25) is 4.79 Å². The van der Waals surface area contributed by atoms with E-state index in [2.05, 4.69) is 19.2 Å². The third-order valence-corrected chi connectivity index (χ3v) is 4.45. The third-order valence-electron chi connectivity index (χ3n) is 4.45. The molecule has 1 N–H and O–H groups in total. The molecule has 0 spiro atoms. The van der Waals surface area contributed by atoms with Crippen molar-refractivity contribution in [3.63, 3.8) is 0 Å². The molecule has 1 aliphatic rings. The molecule has 0 saturated heterocycles. The molecule has 0 aliphatic heterocycles. The Balaban J connectivity index is 2.09. The first-order valence-corrected chi connectivity index (χ1v) is 6.94. The average molecular weight is 248 g/mol. The van der Waals surface area contributed by atoms with Crippen molar-refractivity contribution in [3.05, 3.63) is 23.5 Å². The molecule has 1 aliphatic carbocycles. The maximum atomic E-state index is 12.3. The Kier molecular flexibility index (Phi) is 3.79. The Bertz CT molecular complexity index is 426. The summed E-state index contributed by atoms with van der Waals surface area (Å²) in [6.07, 6.45) is 3.74. The van der Waals surface area contributed by atoms with Gasteiger partial charge < -0.3 is 9.88 Å². The smallest absolute Gasteiger partial charge is 0.268 e. The summed E-state index contributed by atoms with van der Waals surface area (Å²) in [4.78, 5) is 12.3. The molecule has 2 atom stereocenters. The highest BCUT2D eigenvalue weighted by molar-refractivity contribution is 5.93. The molecule has 3 nitrogen and oxygen atoms in total. The van der Waals surface area contributed by atoms with Gasteiger partial charge >= 0.3 is 0 Å². The minimum Gasteiger partial charge on any atom is -0.347 e. The number of carbonyl (C=O) groups is 1. The van der Waals surface area contributed by atoms with Crippen molar-refractivity contribution in [1.82, 2.24) is 9.88 Å². The minimum atomic E-state index is 0.0659. The molecule has 1 aromatic rings. The second kappa shape index (κ2) is 5.17. The van der Waals surface area contributed by atoms with Crippen molar-refractivity contribution in [2.75, 3.05) is 0 Å². The van der Waals surface area contributed by atoms with E-state index in [0.29, 0.717) is 17.9 Å². The molecule has 0 aromatic carbocycles. The van der Waals surface area contributed by atoms with E-state index in [4.69, 9.17) is 0 Å². The Morgan fingerprint density at radius 3 is 2.39 bits per heavy atom. The van der Waals surface area contributed by atoms with Crippen LogP contribution in [0.1, 0.15) is 49.3 Å². The summed E-state index contributed by atoms with van der Waals surface area (Å²) in [7, 11) is 1.94. The number of aryl methyl sites for hydroxylation is 1. The van der Waals surface area contributed by atoms with Crippen molar-refractivity contribution in [3.8, 4) is 0 Å². The molecular formula is C15H24N2O. The zero-order valence-electron chi connectivity index (χ0n) is 11.9. The molecule has 18 heavy (non-hydrogen) atoms. The van der Waals surface area contributed by atoms with E-state index in [0.717, 1.165) is 11.4 Å². The Labute approximate surface area is 110 Å². The summed E-state index contributed by atoms with van der Waals surface area (Å²) in [5.74, 6) is 1.23. The zero-order chi connectivity index (χ0) is 13.3. The van der Waals surface area contributed by atoms with E-state index in [9.17, 15) is 4.79 Å². The van der Waals surface area contributed by atoms with Gasteiger partial charge in [-0.25, -0.2) is 0 Å². The third kappa shape index (κ3) is 2.45. The summed E-state index contributed by atoms with van der Waals surface area (Å²) in [5.41, 5.74) is 1.88. The van der Waals surface area contributed by atoms with Gasteiger partial charge in [0.25, 0.3) is 5.91 Å². The Morgan fingerprint density at radius 2 is 1.89 bits per heavy atom. The number of amides is 1. The maximum Gasteiger partial charge on any atom is 0.268 e. The topological polar surface area (TPSA) is 34.0 Å². The van der Waals surface area contributed by atoms with Crippen LogP contribution in [0.15, 0.2) is 12.1 Å². The van der Waals surface area contributed by atoms with Crippen LogP contribution < -0.4 is 5.32 Å². The first-order chi connectivity index (χ1) is 8.50. The van der Waals surface area contributed by atoms with Gasteiger partial charge in [0.05, 0.1) is 0 Å². The minimum absolute atomic E-state index is 0.0659. The van der Waals surface area contributed by atoms with Crippen molar-refractivity contribution in [2.45, 2.75) is 46.1 Å². The fraction of sp³-hybridized carbons (Fsp3) is 0.667. The molecule has 2 rings (SSSR count). The molecule has 0 radical (unpaired) electrons. The first-order valence-electron chi connectivity index (χ1n) is 6.94. The second-order valence-electron chi connectivity index (χ2n) is 5.80. The summed E-state index contributed by atoms with van der Waals surface area (Å²) in [6.45, 7) is 6.51. The lowest BCUT2D eigenvalue weighted by atomic mass is 9.78. The molecule has 1 amide bonds. The quantitative estimate of drug-likeness (QED) is 0.858. The summed E-state index contributed by atoms with van der Waals surface area (Å²) in [6, 6.07) is 4.22. The molecule has 1 aromatic heterocycles. The SMILES string of the molecule is Cc1ccc(C(=O)NC2C(C)CCCC2C)n1C. The molecule has 1 heterocycles. The summed E-state index contributed by atoms with van der Waals surface area (Å²) < 4.78 is 1.95. The summed E-state index contributed by atoms with van der Waals surface area (Å²) >= 11 is 0. The van der Waals surface area contributed by atoms with Crippen LogP contribution in [-0.4, -0.2) is 16.5 Å². The molecule has 2 unspecified atom stereocenters. The van der Waals surface area contributed by atoms with Gasteiger partial charge in [0, 0.05) is 18.8 Å². The molecule has 1 fully saturated rings. The number of hydrogen-bond acceptors (Lipinski definition) is 1. The van der Waals surface area contributed by atoms with Gasteiger partial charge in [-0.15, -0.1) is 0 Å². The fourth-order valence-corrected chi connectivity index (χ4v) is 3.03. The molecule has 0 bridgehead atoms. The van der Waals surface area contributed by atoms with Gasteiger partial charge in [0.15, 0.2) is 0 Å². The molecular weight excluding hydrogens is 224 g/mol. The lowest BCUT2D eigenvalue weighted by molar-refractivity contribution is 0.0872. The molecule has 3 heteroatoms. The predicted molar refractivity (Wildman–Crippen MR) is 73.6 cm³/mol. The van der Waals surface area contributed by atoms with Crippen molar-refractivity contribution >= 4 is 5.91 Å². The highest BCUT2D eigenvalue weighted by atomic mass is 16.2. The van der Waals surface area contributed by atoms with Crippen LogP contribution in [0, 0.1) is 18.8 Å². The van der Waals surface area contributed by atoms with Crippen LogP contribution in [0.2, 0.25) is 0 Å². The highest BCUT2D eigenvalue weighted by Crippen LogP contribution is 2.29. The van der Waals surface area contributed by atoms with Crippen LogP contribution in [0.25, 0.3) is 0 Å². The van der Waals surface area contributed by atoms with Crippen molar-refractivity contribution in [1.29, 1.82) is 0 Å². The fourth-order valence-electron chi connectivity index (χ4n) is 3.03. The number of rotatable bonds is 2. The standard InChI is InChI=1S/C15H24N2O/c1-10-6-5-7-11(2)14(10)16-15(18)13-9-8-12(3)17(13)4/h8-11,14H,5-7H2,1-4H3,(H,16,18). The first kappa shape index (κ1) is 13.2. The van der Waals surface area contributed by atoms with E-state index in [1.807, 2.05) is 30.7 Å². The average Bonchev–Trinajstić information content (AvgIpc) is 2.65. The largest absolute Gasteiger partial charge is 0.347 e. The summed E-state index contributed by atoms with van der Waals surface area (Å²) in [5, 5.41) is 3.23. The lowest BCUT2D eigenvalue weighted by Gasteiger charge is -2.35. The van der Waals surface area contributed by atoms with Gasteiger partial charge in [-0.1, -0.05) is 20.3 Å². The molecule has 1 saturated carbocycles. The van der Waals surface area contributed by atoms with E-state index in [1.54, 1.807) is 0 Å². The lowest BCUT2D eigenvalue weighted by Crippen LogP contribution is -2.46. The zero-order valence-corrected chi connectivity index (χ0v) is 11.9. The van der Waals surface area contributed by atoms with Crippen LogP contribution in [-0.2, 0) is 7.05 Å². The predicted octanol–water partition coefficient (Wildman–Crippen LogP) is 2.89. The van der Waals surface area contributed by atoms with Crippen molar-refractivity contribution in [2.24, 2.45) is 18.9 Å². The number of hydrogen-bond donors (Lipinski definition) is 1. The van der Waals surface area contributed by atoms with E-state index in [1.165, 1.54) is 19.3 Å². The van der Waals surface area contributed by atoms with E-state index < -0.39 is 0 Å². The van der Waals surface area contributed by atoms with Crippen LogP contribution in [0.3, 0.4) is 0 Å².